The van der Waals surface area contributed by atoms with Crippen LogP contribution in [-0.4, -0.2) is 15.8 Å². The highest BCUT2D eigenvalue weighted by atomic mass is 19.1. The summed E-state index contributed by atoms with van der Waals surface area (Å²) in [6, 6.07) is 15.2. The quantitative estimate of drug-likeness (QED) is 0.744. The molecule has 2 aromatic carbocycles. The lowest BCUT2D eigenvalue weighted by molar-refractivity contribution is 0.262. The highest BCUT2D eigenvalue weighted by molar-refractivity contribution is 6.00. The summed E-state index contributed by atoms with van der Waals surface area (Å²) in [6.07, 6.45) is 0. The number of carbonyl (C=O) groups is 1. The number of rotatable bonds is 4. The standard InChI is InChI=1S/C19H19FN4O/c1-13-18(22-19(25)21-17-6-4-3-5-7-17)14(2)24(23-13)12-15-8-10-16(20)11-9-15/h3-11H,12H2,1-2H3,(H2,21,22,25). The van der Waals surface area contributed by atoms with Crippen molar-refractivity contribution in [3.05, 3.63) is 77.4 Å². The fourth-order valence-corrected chi connectivity index (χ4v) is 2.59. The highest BCUT2D eigenvalue weighted by Gasteiger charge is 2.14. The van der Waals surface area contributed by atoms with Gasteiger partial charge in [-0.2, -0.15) is 5.10 Å². The molecule has 0 atom stereocenters. The van der Waals surface area contributed by atoms with Crippen LogP contribution in [0.15, 0.2) is 54.6 Å². The van der Waals surface area contributed by atoms with Crippen LogP contribution in [0.1, 0.15) is 17.0 Å². The van der Waals surface area contributed by atoms with Crippen LogP contribution in [0, 0.1) is 19.7 Å². The fourth-order valence-electron chi connectivity index (χ4n) is 2.59. The lowest BCUT2D eigenvalue weighted by Crippen LogP contribution is -2.20. The van der Waals surface area contributed by atoms with Gasteiger partial charge in [0.1, 0.15) is 5.82 Å². The minimum Gasteiger partial charge on any atom is -0.308 e. The number of hydrogen-bond donors (Lipinski definition) is 2. The Labute approximate surface area is 145 Å². The molecule has 25 heavy (non-hydrogen) atoms. The molecule has 0 spiro atoms. The number of amides is 2. The van der Waals surface area contributed by atoms with Crippen molar-refractivity contribution in [3.8, 4) is 0 Å². The first-order valence-corrected chi connectivity index (χ1v) is 7.94. The molecule has 2 amide bonds. The molecule has 1 heterocycles. The van der Waals surface area contributed by atoms with Gasteiger partial charge < -0.3 is 10.6 Å². The summed E-state index contributed by atoms with van der Waals surface area (Å²) in [5.74, 6) is -0.267. The van der Waals surface area contributed by atoms with E-state index in [9.17, 15) is 9.18 Å². The third kappa shape index (κ3) is 4.03. The van der Waals surface area contributed by atoms with Gasteiger partial charge in [0.05, 0.1) is 23.6 Å². The number of anilines is 2. The minimum absolute atomic E-state index is 0.267. The Balaban J connectivity index is 1.73. The van der Waals surface area contributed by atoms with Crippen LogP contribution in [-0.2, 0) is 6.54 Å². The normalized spacial score (nSPS) is 10.5. The highest BCUT2D eigenvalue weighted by Crippen LogP contribution is 2.21. The maximum Gasteiger partial charge on any atom is 0.323 e. The molecule has 0 aliphatic heterocycles. The molecule has 3 aromatic rings. The Morgan fingerprint density at radius 2 is 1.72 bits per heavy atom. The van der Waals surface area contributed by atoms with Crippen molar-refractivity contribution >= 4 is 17.4 Å². The number of para-hydroxylation sites is 1. The van der Waals surface area contributed by atoms with E-state index in [-0.39, 0.29) is 11.8 Å². The molecular formula is C19H19FN4O. The fraction of sp³-hybridized carbons (Fsp3) is 0.158. The predicted octanol–water partition coefficient (Wildman–Crippen LogP) is 4.33. The van der Waals surface area contributed by atoms with Crippen molar-refractivity contribution in [1.29, 1.82) is 0 Å². The predicted molar refractivity (Wildman–Crippen MR) is 96.3 cm³/mol. The lowest BCUT2D eigenvalue weighted by Gasteiger charge is -2.09. The van der Waals surface area contributed by atoms with Crippen LogP contribution in [0.2, 0.25) is 0 Å². The number of nitrogens with one attached hydrogen (secondary N) is 2. The second kappa shape index (κ2) is 7.17. The third-order valence-corrected chi connectivity index (χ3v) is 3.90. The van der Waals surface area contributed by atoms with E-state index in [2.05, 4.69) is 15.7 Å². The van der Waals surface area contributed by atoms with Crippen molar-refractivity contribution in [3.63, 3.8) is 0 Å². The summed E-state index contributed by atoms with van der Waals surface area (Å²) in [6.45, 7) is 4.24. The summed E-state index contributed by atoms with van der Waals surface area (Å²) in [5.41, 5.74) is 3.89. The summed E-state index contributed by atoms with van der Waals surface area (Å²) < 4.78 is 14.8. The zero-order chi connectivity index (χ0) is 17.8. The Hall–Kier alpha value is -3.15. The van der Waals surface area contributed by atoms with E-state index in [4.69, 9.17) is 0 Å². The van der Waals surface area contributed by atoms with E-state index < -0.39 is 0 Å². The molecule has 0 aliphatic rings. The smallest absolute Gasteiger partial charge is 0.308 e. The van der Waals surface area contributed by atoms with Crippen molar-refractivity contribution in [2.75, 3.05) is 10.6 Å². The summed E-state index contributed by atoms with van der Waals surface area (Å²) in [7, 11) is 0. The molecule has 128 valence electrons. The van der Waals surface area contributed by atoms with Gasteiger partial charge in [0, 0.05) is 5.69 Å². The number of benzene rings is 2. The van der Waals surface area contributed by atoms with Gasteiger partial charge in [-0.1, -0.05) is 30.3 Å². The molecule has 3 rings (SSSR count). The van der Waals surface area contributed by atoms with E-state index in [1.54, 1.807) is 16.8 Å². The topological polar surface area (TPSA) is 59.0 Å². The average molecular weight is 338 g/mol. The van der Waals surface area contributed by atoms with Gasteiger partial charge in [-0.15, -0.1) is 0 Å². The van der Waals surface area contributed by atoms with Gasteiger partial charge in [0.25, 0.3) is 0 Å². The number of hydrogen-bond acceptors (Lipinski definition) is 2. The first-order chi connectivity index (χ1) is 12.0. The Morgan fingerprint density at radius 3 is 2.40 bits per heavy atom. The van der Waals surface area contributed by atoms with E-state index in [1.165, 1.54) is 12.1 Å². The van der Waals surface area contributed by atoms with E-state index in [0.717, 1.165) is 17.0 Å². The minimum atomic E-state index is -0.321. The molecule has 0 radical (unpaired) electrons. The molecular weight excluding hydrogens is 319 g/mol. The maximum absolute atomic E-state index is 13.0. The molecule has 0 saturated carbocycles. The largest absolute Gasteiger partial charge is 0.323 e. The van der Waals surface area contributed by atoms with Gasteiger partial charge >= 0.3 is 6.03 Å². The van der Waals surface area contributed by atoms with Crippen LogP contribution in [0.25, 0.3) is 0 Å². The molecule has 0 fully saturated rings. The van der Waals surface area contributed by atoms with Crippen LogP contribution in [0.4, 0.5) is 20.6 Å². The van der Waals surface area contributed by atoms with Crippen LogP contribution in [0.5, 0.6) is 0 Å². The average Bonchev–Trinajstić information content (AvgIpc) is 2.85. The SMILES string of the molecule is Cc1nn(Cc2ccc(F)cc2)c(C)c1NC(=O)Nc1ccccc1. The van der Waals surface area contributed by atoms with Crippen molar-refractivity contribution in [1.82, 2.24) is 9.78 Å². The molecule has 1 aromatic heterocycles. The van der Waals surface area contributed by atoms with Crippen molar-refractivity contribution < 1.29 is 9.18 Å². The first-order valence-electron chi connectivity index (χ1n) is 7.94. The molecule has 2 N–H and O–H groups in total. The summed E-state index contributed by atoms with van der Waals surface area (Å²) in [5, 5.41) is 10.1. The zero-order valence-corrected chi connectivity index (χ0v) is 14.1. The Kier molecular flexibility index (Phi) is 4.79. The monoisotopic (exact) mass is 338 g/mol. The Morgan fingerprint density at radius 1 is 1.04 bits per heavy atom. The van der Waals surface area contributed by atoms with Crippen molar-refractivity contribution in [2.24, 2.45) is 0 Å². The molecule has 0 bridgehead atoms. The van der Waals surface area contributed by atoms with Gasteiger partial charge in [-0.3, -0.25) is 4.68 Å². The number of carbonyl (C=O) groups excluding carboxylic acids is 1. The molecule has 0 saturated heterocycles. The van der Waals surface area contributed by atoms with Crippen LogP contribution < -0.4 is 10.6 Å². The maximum atomic E-state index is 13.0. The van der Waals surface area contributed by atoms with Gasteiger partial charge in [-0.05, 0) is 43.7 Å². The second-order valence-electron chi connectivity index (χ2n) is 5.78. The van der Waals surface area contributed by atoms with Gasteiger partial charge in [-0.25, -0.2) is 9.18 Å². The number of nitrogens with zero attached hydrogens (tertiary/aromatic N) is 2. The third-order valence-electron chi connectivity index (χ3n) is 3.90. The number of aromatic nitrogens is 2. The number of aryl methyl sites for hydroxylation is 1. The molecule has 6 heteroatoms. The molecule has 5 nitrogen and oxygen atoms in total. The number of urea groups is 1. The van der Waals surface area contributed by atoms with Gasteiger partial charge in [0.2, 0.25) is 0 Å². The van der Waals surface area contributed by atoms with E-state index >= 15 is 0 Å². The van der Waals surface area contributed by atoms with Crippen LogP contribution in [0.3, 0.4) is 0 Å². The zero-order valence-electron chi connectivity index (χ0n) is 14.1. The molecule has 0 unspecified atom stereocenters. The van der Waals surface area contributed by atoms with Gasteiger partial charge in [0.15, 0.2) is 0 Å². The lowest BCUT2D eigenvalue weighted by atomic mass is 10.2. The second-order valence-corrected chi connectivity index (χ2v) is 5.78. The Bertz CT molecular complexity index is 872. The van der Waals surface area contributed by atoms with Crippen molar-refractivity contribution in [2.45, 2.75) is 20.4 Å². The first kappa shape index (κ1) is 16.7. The number of halogens is 1. The van der Waals surface area contributed by atoms with Crippen LogP contribution >= 0.6 is 0 Å². The summed E-state index contributed by atoms with van der Waals surface area (Å²) in [4.78, 5) is 12.2. The van der Waals surface area contributed by atoms with E-state index in [0.29, 0.717) is 17.9 Å². The summed E-state index contributed by atoms with van der Waals surface area (Å²) >= 11 is 0. The van der Waals surface area contributed by atoms with E-state index in [1.807, 2.05) is 44.2 Å². The molecule has 0 aliphatic carbocycles.